The number of rotatable bonds is 7. The van der Waals surface area contributed by atoms with E-state index >= 15 is 0 Å². The molecule has 11 heteroatoms. The lowest BCUT2D eigenvalue weighted by atomic mass is 10.1. The van der Waals surface area contributed by atoms with E-state index in [0.717, 1.165) is 18.8 Å². The van der Waals surface area contributed by atoms with E-state index in [-0.39, 0.29) is 24.0 Å². The van der Waals surface area contributed by atoms with Crippen LogP contribution in [0, 0.1) is 0 Å². The highest BCUT2D eigenvalue weighted by atomic mass is 32.2. The van der Waals surface area contributed by atoms with Crippen LogP contribution in [0.4, 0.5) is 5.69 Å². The number of ether oxygens (including phenoxy) is 1. The molecule has 2 aromatic rings. The number of para-hydroxylation sites is 1. The number of benzene rings is 1. The third-order valence-electron chi connectivity index (χ3n) is 5.84. The smallest absolute Gasteiger partial charge is 0.260 e. The van der Waals surface area contributed by atoms with Gasteiger partial charge in [0.05, 0.1) is 31.5 Å². The van der Waals surface area contributed by atoms with Gasteiger partial charge in [0.1, 0.15) is 6.10 Å². The van der Waals surface area contributed by atoms with Crippen LogP contribution in [0.1, 0.15) is 6.42 Å². The van der Waals surface area contributed by atoms with Gasteiger partial charge in [0, 0.05) is 45.1 Å². The van der Waals surface area contributed by atoms with Crippen molar-refractivity contribution < 1.29 is 23.1 Å². The lowest BCUT2D eigenvalue weighted by Gasteiger charge is -2.37. The number of nitrogens with zero attached hydrogens (tertiary/aromatic N) is 4. The molecule has 0 bridgehead atoms. The molecule has 0 unspecified atom stereocenters. The molecule has 1 saturated heterocycles. The van der Waals surface area contributed by atoms with Gasteiger partial charge in [0.15, 0.2) is 5.03 Å². The Morgan fingerprint density at radius 1 is 1.18 bits per heavy atom. The minimum Gasteiger partial charge on any atom is -0.394 e. The first-order chi connectivity index (χ1) is 15.9. The van der Waals surface area contributed by atoms with E-state index in [0.29, 0.717) is 13.1 Å². The lowest BCUT2D eigenvalue weighted by Crippen LogP contribution is -2.51. The first-order valence-corrected chi connectivity index (χ1v) is 12.4. The number of aromatic nitrogens is 2. The number of aliphatic hydroxyl groups is 1. The second-order valence-electron chi connectivity index (χ2n) is 8.21. The average molecular weight is 476 g/mol. The first-order valence-electron chi connectivity index (χ1n) is 10.9. The van der Waals surface area contributed by atoms with Gasteiger partial charge in [-0.15, -0.1) is 0 Å². The van der Waals surface area contributed by atoms with E-state index in [1.54, 1.807) is 19.2 Å². The Bertz CT molecular complexity index is 1080. The summed E-state index contributed by atoms with van der Waals surface area (Å²) in [6.45, 7) is 2.38. The molecule has 3 heterocycles. The molecule has 0 aliphatic carbocycles. The number of hydrogen-bond donors (Lipinski definition) is 2. The van der Waals surface area contributed by atoms with Gasteiger partial charge in [-0.1, -0.05) is 30.4 Å². The Kier molecular flexibility index (Phi) is 7.13. The van der Waals surface area contributed by atoms with Crippen molar-refractivity contribution in [2.24, 2.45) is 7.05 Å². The summed E-state index contributed by atoms with van der Waals surface area (Å²) in [6.07, 6.45) is 4.90. The summed E-state index contributed by atoms with van der Waals surface area (Å²) >= 11 is 0. The number of piperazine rings is 1. The molecule has 3 atom stereocenters. The number of anilines is 1. The molecule has 1 fully saturated rings. The zero-order chi connectivity index (χ0) is 23.4. The van der Waals surface area contributed by atoms with Gasteiger partial charge in [-0.25, -0.2) is 18.1 Å². The Morgan fingerprint density at radius 3 is 2.55 bits per heavy atom. The SMILES string of the molecule is Cn1cnc(S(=O)(=O)N[C@@H]2C=C[C@H](CC(=O)N3CCN(c4ccccc4)CC3)O[C@@H]2CO)c1. The fraction of sp³-hybridized carbons (Fsp3) is 0.455. The summed E-state index contributed by atoms with van der Waals surface area (Å²) in [5.74, 6) is -0.0263. The molecule has 10 nitrogen and oxygen atoms in total. The van der Waals surface area contributed by atoms with Crippen LogP contribution in [0.5, 0.6) is 0 Å². The standard InChI is InChI=1S/C22H29N5O5S/c1-25-14-21(23-16-25)33(30,31)24-19-8-7-18(32-20(19)15-28)13-22(29)27-11-9-26(10-12-27)17-5-3-2-4-6-17/h2-8,14,16,18-20,24,28H,9-13,15H2,1H3/t18-,19-,20-/m1/s1. The fourth-order valence-corrected chi connectivity index (χ4v) is 5.23. The number of nitrogens with one attached hydrogen (secondary N) is 1. The lowest BCUT2D eigenvalue weighted by molar-refractivity contribution is -0.135. The monoisotopic (exact) mass is 475 g/mol. The number of carbonyl (C=O) groups is 1. The highest BCUT2D eigenvalue weighted by Gasteiger charge is 2.33. The normalized spacial score (nSPS) is 23.6. The van der Waals surface area contributed by atoms with Gasteiger partial charge < -0.3 is 24.2 Å². The van der Waals surface area contributed by atoms with Gasteiger partial charge >= 0.3 is 0 Å². The Morgan fingerprint density at radius 2 is 1.91 bits per heavy atom. The molecule has 1 aromatic heterocycles. The summed E-state index contributed by atoms with van der Waals surface area (Å²) in [4.78, 5) is 20.7. The van der Waals surface area contributed by atoms with Crippen molar-refractivity contribution in [2.75, 3.05) is 37.7 Å². The molecule has 1 amide bonds. The molecule has 0 spiro atoms. The van der Waals surface area contributed by atoms with E-state index in [1.807, 2.05) is 23.1 Å². The van der Waals surface area contributed by atoms with Crippen LogP contribution in [-0.4, -0.2) is 84.9 Å². The van der Waals surface area contributed by atoms with Crippen LogP contribution in [0.25, 0.3) is 0 Å². The van der Waals surface area contributed by atoms with Crippen LogP contribution >= 0.6 is 0 Å². The molecule has 2 aliphatic heterocycles. The topological polar surface area (TPSA) is 117 Å². The summed E-state index contributed by atoms with van der Waals surface area (Å²) < 4.78 is 35.0. The predicted octanol–water partition coefficient (Wildman–Crippen LogP) is 0.122. The van der Waals surface area contributed by atoms with Crippen LogP contribution in [0.3, 0.4) is 0 Å². The molecule has 1 aromatic carbocycles. The zero-order valence-electron chi connectivity index (χ0n) is 18.4. The van der Waals surface area contributed by atoms with Gasteiger partial charge in [-0.3, -0.25) is 4.79 Å². The fourth-order valence-electron chi connectivity index (χ4n) is 4.03. The third kappa shape index (κ3) is 5.61. The molecule has 178 valence electrons. The molecule has 4 rings (SSSR count). The van der Waals surface area contributed by atoms with Crippen LogP contribution in [0.2, 0.25) is 0 Å². The second kappa shape index (κ2) is 10.0. The highest BCUT2D eigenvalue weighted by molar-refractivity contribution is 7.89. The Labute approximate surface area is 193 Å². The third-order valence-corrected chi connectivity index (χ3v) is 7.18. The van der Waals surface area contributed by atoms with E-state index < -0.39 is 28.3 Å². The average Bonchev–Trinajstić information content (AvgIpc) is 3.28. The molecular weight excluding hydrogens is 446 g/mol. The first kappa shape index (κ1) is 23.4. The Hall–Kier alpha value is -2.73. The van der Waals surface area contributed by atoms with E-state index in [1.165, 1.54) is 17.1 Å². The summed E-state index contributed by atoms with van der Waals surface area (Å²) in [5.41, 5.74) is 1.15. The second-order valence-corrected chi connectivity index (χ2v) is 9.87. The van der Waals surface area contributed by atoms with Crippen molar-refractivity contribution in [1.29, 1.82) is 0 Å². The van der Waals surface area contributed by atoms with Crippen LogP contribution in [0.15, 0.2) is 60.0 Å². The van der Waals surface area contributed by atoms with Crippen molar-refractivity contribution in [3.05, 3.63) is 55.0 Å². The summed E-state index contributed by atoms with van der Waals surface area (Å²) in [6, 6.07) is 9.34. The minimum absolute atomic E-state index is 0.0263. The summed E-state index contributed by atoms with van der Waals surface area (Å²) in [5, 5.41) is 9.65. The Balaban J connectivity index is 1.32. The van der Waals surface area contributed by atoms with E-state index in [9.17, 15) is 18.3 Å². The maximum atomic E-state index is 12.8. The number of imidazole rings is 1. The number of amides is 1. The maximum Gasteiger partial charge on any atom is 0.260 e. The molecule has 2 N–H and O–H groups in total. The van der Waals surface area contributed by atoms with Crippen molar-refractivity contribution in [2.45, 2.75) is 29.7 Å². The molecular formula is C22H29N5O5S. The number of sulfonamides is 1. The van der Waals surface area contributed by atoms with Gasteiger partial charge in [0.2, 0.25) is 5.91 Å². The number of carbonyl (C=O) groups excluding carboxylic acids is 1. The number of hydrogen-bond acceptors (Lipinski definition) is 7. The number of aryl methyl sites for hydroxylation is 1. The molecule has 2 aliphatic rings. The highest BCUT2D eigenvalue weighted by Crippen LogP contribution is 2.20. The van der Waals surface area contributed by atoms with Crippen molar-refractivity contribution in [3.63, 3.8) is 0 Å². The molecule has 0 saturated carbocycles. The largest absolute Gasteiger partial charge is 0.394 e. The van der Waals surface area contributed by atoms with E-state index in [2.05, 4.69) is 26.7 Å². The van der Waals surface area contributed by atoms with Gasteiger partial charge in [0.25, 0.3) is 10.0 Å². The van der Waals surface area contributed by atoms with Crippen molar-refractivity contribution >= 4 is 21.6 Å². The molecule has 0 radical (unpaired) electrons. The van der Waals surface area contributed by atoms with Crippen LogP contribution < -0.4 is 9.62 Å². The van der Waals surface area contributed by atoms with Crippen molar-refractivity contribution in [1.82, 2.24) is 19.2 Å². The predicted molar refractivity (Wildman–Crippen MR) is 122 cm³/mol. The van der Waals surface area contributed by atoms with Gasteiger partial charge in [-0.05, 0) is 12.1 Å². The maximum absolute atomic E-state index is 12.8. The van der Waals surface area contributed by atoms with Crippen molar-refractivity contribution in [3.8, 4) is 0 Å². The molecule has 33 heavy (non-hydrogen) atoms. The zero-order valence-corrected chi connectivity index (χ0v) is 19.3. The van der Waals surface area contributed by atoms with Crippen LogP contribution in [-0.2, 0) is 26.6 Å². The van der Waals surface area contributed by atoms with Gasteiger partial charge in [-0.2, -0.15) is 0 Å². The number of aliphatic hydroxyl groups excluding tert-OH is 1. The van der Waals surface area contributed by atoms with E-state index in [4.69, 9.17) is 4.74 Å². The summed E-state index contributed by atoms with van der Waals surface area (Å²) in [7, 11) is -2.20. The quantitative estimate of drug-likeness (QED) is 0.547. The minimum atomic E-state index is -3.87.